The van der Waals surface area contributed by atoms with Crippen molar-refractivity contribution in [1.29, 1.82) is 0 Å². The molecule has 2 N–H and O–H groups in total. The molecule has 7 heteroatoms. The molecule has 0 saturated heterocycles. The number of hydrogen-bond donors (Lipinski definition) is 2. The first-order valence-corrected chi connectivity index (χ1v) is 9.31. The molecule has 1 atom stereocenters. The lowest BCUT2D eigenvalue weighted by Gasteiger charge is -2.13. The average Bonchev–Trinajstić information content (AvgIpc) is 2.98. The highest BCUT2D eigenvalue weighted by atomic mass is 32.2. The summed E-state index contributed by atoms with van der Waals surface area (Å²) in [6.45, 7) is 3.75. The SMILES string of the molecule is Cc1ccccc1NC(=O)C(C)Sc1nc2c(c(=O)[nH]1)CSC2. The number of carbonyl (C=O) groups is 1. The van der Waals surface area contributed by atoms with Gasteiger partial charge in [0, 0.05) is 22.8 Å². The van der Waals surface area contributed by atoms with Gasteiger partial charge < -0.3 is 10.3 Å². The smallest absolute Gasteiger partial charge is 0.255 e. The maximum atomic E-state index is 12.3. The second kappa shape index (κ2) is 6.80. The van der Waals surface area contributed by atoms with Crippen molar-refractivity contribution in [3.05, 3.63) is 51.4 Å². The third-order valence-electron chi connectivity index (χ3n) is 3.63. The van der Waals surface area contributed by atoms with E-state index in [0.717, 1.165) is 28.3 Å². The summed E-state index contributed by atoms with van der Waals surface area (Å²) in [6.07, 6.45) is 0. The molecule has 120 valence electrons. The molecule has 3 rings (SSSR count). The van der Waals surface area contributed by atoms with Gasteiger partial charge in [-0.1, -0.05) is 30.0 Å². The second-order valence-corrected chi connectivity index (χ2v) is 7.67. The van der Waals surface area contributed by atoms with Crippen molar-refractivity contribution < 1.29 is 4.79 Å². The standard InChI is InChI=1S/C16H17N3O2S2/c1-9-5-3-4-6-12(9)17-14(20)10(2)23-16-18-13-8-22-7-11(13)15(21)19-16/h3-6,10H,7-8H2,1-2H3,(H,17,20)(H,18,19,21). The van der Waals surface area contributed by atoms with Gasteiger partial charge >= 0.3 is 0 Å². The fourth-order valence-corrected chi connectivity index (χ4v) is 4.12. The summed E-state index contributed by atoms with van der Waals surface area (Å²) in [7, 11) is 0. The molecule has 2 heterocycles. The third kappa shape index (κ3) is 3.61. The number of benzene rings is 1. The lowest BCUT2D eigenvalue weighted by atomic mass is 10.2. The average molecular weight is 347 g/mol. The van der Waals surface area contributed by atoms with Gasteiger partial charge in [0.15, 0.2) is 5.16 Å². The Balaban J connectivity index is 1.71. The molecule has 0 saturated carbocycles. The maximum absolute atomic E-state index is 12.3. The predicted molar refractivity (Wildman–Crippen MR) is 95.0 cm³/mol. The van der Waals surface area contributed by atoms with Crippen LogP contribution >= 0.6 is 23.5 Å². The summed E-state index contributed by atoms with van der Waals surface area (Å²) < 4.78 is 0. The minimum atomic E-state index is -0.357. The fraction of sp³-hybridized carbons (Fsp3) is 0.312. The molecular formula is C16H17N3O2S2. The van der Waals surface area contributed by atoms with E-state index in [4.69, 9.17) is 0 Å². The molecule has 1 aliphatic heterocycles. The lowest BCUT2D eigenvalue weighted by Crippen LogP contribution is -2.24. The normalized spacial score (nSPS) is 14.3. The van der Waals surface area contributed by atoms with Crippen LogP contribution in [-0.4, -0.2) is 21.1 Å². The first-order valence-electron chi connectivity index (χ1n) is 7.27. The zero-order chi connectivity index (χ0) is 16.4. The summed E-state index contributed by atoms with van der Waals surface area (Å²) in [5, 5.41) is 3.06. The minimum Gasteiger partial charge on any atom is -0.325 e. The van der Waals surface area contributed by atoms with Gasteiger partial charge in [0.2, 0.25) is 5.91 Å². The number of H-pyrrole nitrogens is 1. The van der Waals surface area contributed by atoms with Crippen molar-refractivity contribution in [2.75, 3.05) is 5.32 Å². The van der Waals surface area contributed by atoms with Crippen molar-refractivity contribution in [2.24, 2.45) is 0 Å². The summed E-state index contributed by atoms with van der Waals surface area (Å²) >= 11 is 2.95. The summed E-state index contributed by atoms with van der Waals surface area (Å²) in [4.78, 5) is 31.6. The van der Waals surface area contributed by atoms with Crippen LogP contribution in [0.25, 0.3) is 0 Å². The van der Waals surface area contributed by atoms with Gasteiger partial charge in [-0.25, -0.2) is 4.98 Å². The largest absolute Gasteiger partial charge is 0.325 e. The van der Waals surface area contributed by atoms with Gasteiger partial charge in [-0.15, -0.1) is 0 Å². The molecule has 23 heavy (non-hydrogen) atoms. The first kappa shape index (κ1) is 16.1. The van der Waals surface area contributed by atoms with E-state index in [0.29, 0.717) is 10.9 Å². The van der Waals surface area contributed by atoms with E-state index in [-0.39, 0.29) is 16.7 Å². The molecule has 0 radical (unpaired) electrons. The van der Waals surface area contributed by atoms with E-state index >= 15 is 0 Å². The van der Waals surface area contributed by atoms with E-state index in [1.54, 1.807) is 18.7 Å². The number of aryl methyl sites for hydroxylation is 1. The molecule has 5 nitrogen and oxygen atoms in total. The van der Waals surface area contributed by atoms with Crippen molar-refractivity contribution in [2.45, 2.75) is 35.8 Å². The molecule has 0 spiro atoms. The fourth-order valence-electron chi connectivity index (χ4n) is 2.26. The third-order valence-corrected chi connectivity index (χ3v) is 5.58. The van der Waals surface area contributed by atoms with Crippen molar-refractivity contribution >= 4 is 35.1 Å². The van der Waals surface area contributed by atoms with E-state index in [2.05, 4.69) is 15.3 Å². The Morgan fingerprint density at radius 1 is 1.39 bits per heavy atom. The number of aromatic nitrogens is 2. The van der Waals surface area contributed by atoms with Crippen LogP contribution in [0.3, 0.4) is 0 Å². The van der Waals surface area contributed by atoms with Crippen LogP contribution < -0.4 is 10.9 Å². The minimum absolute atomic E-state index is 0.0889. The van der Waals surface area contributed by atoms with Crippen LogP contribution in [-0.2, 0) is 16.3 Å². The number of para-hydroxylation sites is 1. The summed E-state index contributed by atoms with van der Waals surface area (Å²) in [5.41, 5.74) is 3.33. The Kier molecular flexibility index (Phi) is 4.77. The van der Waals surface area contributed by atoms with E-state index in [1.165, 1.54) is 11.8 Å². The highest BCUT2D eigenvalue weighted by Crippen LogP contribution is 2.28. The molecule has 0 fully saturated rings. The molecule has 1 amide bonds. The number of hydrogen-bond acceptors (Lipinski definition) is 5. The van der Waals surface area contributed by atoms with Crippen LogP contribution in [0.15, 0.2) is 34.2 Å². The van der Waals surface area contributed by atoms with E-state index in [9.17, 15) is 9.59 Å². The molecule has 1 unspecified atom stereocenters. The topological polar surface area (TPSA) is 74.8 Å². The van der Waals surface area contributed by atoms with Gasteiger partial charge in [-0.2, -0.15) is 11.8 Å². The Morgan fingerprint density at radius 2 is 2.17 bits per heavy atom. The number of anilines is 1. The van der Waals surface area contributed by atoms with Crippen molar-refractivity contribution in [1.82, 2.24) is 9.97 Å². The molecule has 1 aromatic carbocycles. The molecule has 0 bridgehead atoms. The summed E-state index contributed by atoms with van der Waals surface area (Å²) in [6, 6.07) is 7.64. The van der Waals surface area contributed by atoms with Crippen LogP contribution in [0, 0.1) is 6.92 Å². The van der Waals surface area contributed by atoms with Crippen LogP contribution in [0.2, 0.25) is 0 Å². The lowest BCUT2D eigenvalue weighted by molar-refractivity contribution is -0.115. The Labute approximate surface area is 142 Å². The Morgan fingerprint density at radius 3 is 2.96 bits per heavy atom. The molecule has 0 aliphatic carbocycles. The Bertz CT molecular complexity index is 804. The van der Waals surface area contributed by atoms with Crippen molar-refractivity contribution in [3.63, 3.8) is 0 Å². The van der Waals surface area contributed by atoms with Gasteiger partial charge in [0.1, 0.15) is 0 Å². The quantitative estimate of drug-likeness (QED) is 0.657. The van der Waals surface area contributed by atoms with Gasteiger partial charge in [-0.05, 0) is 25.5 Å². The van der Waals surface area contributed by atoms with E-state index < -0.39 is 0 Å². The maximum Gasteiger partial charge on any atom is 0.255 e. The predicted octanol–water partition coefficient (Wildman–Crippen LogP) is 2.94. The number of carbonyl (C=O) groups excluding carboxylic acids is 1. The van der Waals surface area contributed by atoms with Gasteiger partial charge in [0.25, 0.3) is 5.56 Å². The number of fused-ring (bicyclic) bond motifs is 1. The number of amides is 1. The highest BCUT2D eigenvalue weighted by Gasteiger charge is 2.21. The highest BCUT2D eigenvalue weighted by molar-refractivity contribution is 8.00. The zero-order valence-electron chi connectivity index (χ0n) is 12.9. The Hall–Kier alpha value is -1.73. The van der Waals surface area contributed by atoms with Crippen LogP contribution in [0.1, 0.15) is 23.7 Å². The number of nitrogens with one attached hydrogen (secondary N) is 2. The molecular weight excluding hydrogens is 330 g/mol. The number of aromatic amines is 1. The van der Waals surface area contributed by atoms with Gasteiger partial charge in [0.05, 0.1) is 10.9 Å². The zero-order valence-corrected chi connectivity index (χ0v) is 14.5. The van der Waals surface area contributed by atoms with Gasteiger partial charge in [-0.3, -0.25) is 9.59 Å². The van der Waals surface area contributed by atoms with Crippen LogP contribution in [0.4, 0.5) is 5.69 Å². The number of rotatable bonds is 4. The summed E-state index contributed by atoms with van der Waals surface area (Å²) in [5.74, 6) is 1.37. The number of thioether (sulfide) groups is 2. The number of nitrogens with zero attached hydrogens (tertiary/aromatic N) is 1. The monoisotopic (exact) mass is 347 g/mol. The van der Waals surface area contributed by atoms with Crippen molar-refractivity contribution in [3.8, 4) is 0 Å². The van der Waals surface area contributed by atoms with Crippen LogP contribution in [0.5, 0.6) is 0 Å². The second-order valence-electron chi connectivity index (χ2n) is 5.35. The van der Waals surface area contributed by atoms with E-state index in [1.807, 2.05) is 31.2 Å². The molecule has 2 aromatic rings. The first-order chi connectivity index (χ1) is 11.0. The molecule has 1 aromatic heterocycles. The molecule has 1 aliphatic rings.